The lowest BCUT2D eigenvalue weighted by Gasteiger charge is -1.90. The van der Waals surface area contributed by atoms with E-state index in [1.807, 2.05) is 0 Å². The smallest absolute Gasteiger partial charge is 0.323 e. The Morgan fingerprint density at radius 2 is 2.19 bits per heavy atom. The van der Waals surface area contributed by atoms with Gasteiger partial charge in [0.1, 0.15) is 11.3 Å². The standard InChI is InChI=1S/C10H7ClN4O/c11-6-1-2-7-8(5-6)16-10(13-7)15-4-3-9(12)14-15/h1-5H,(H2,12,14). The van der Waals surface area contributed by atoms with Crippen LogP contribution in [0.4, 0.5) is 5.82 Å². The molecule has 3 rings (SSSR count). The predicted octanol–water partition coefficient (Wildman–Crippen LogP) is 2.25. The van der Waals surface area contributed by atoms with E-state index in [-0.39, 0.29) is 0 Å². The Bertz CT molecular complexity index is 658. The second-order valence-corrected chi connectivity index (χ2v) is 3.73. The van der Waals surface area contributed by atoms with Crippen LogP contribution in [0.3, 0.4) is 0 Å². The van der Waals surface area contributed by atoms with Crippen LogP contribution in [-0.4, -0.2) is 14.8 Å². The van der Waals surface area contributed by atoms with Crippen molar-refractivity contribution < 1.29 is 4.42 Å². The van der Waals surface area contributed by atoms with Crippen molar-refractivity contribution in [2.24, 2.45) is 0 Å². The molecule has 80 valence electrons. The van der Waals surface area contributed by atoms with Crippen molar-refractivity contribution >= 4 is 28.5 Å². The summed E-state index contributed by atoms with van der Waals surface area (Å²) in [5.41, 5.74) is 6.86. The number of oxazole rings is 1. The van der Waals surface area contributed by atoms with Crippen LogP contribution in [0.5, 0.6) is 0 Å². The van der Waals surface area contributed by atoms with Gasteiger partial charge in [-0.25, -0.2) is 0 Å². The zero-order chi connectivity index (χ0) is 11.1. The van der Waals surface area contributed by atoms with Gasteiger partial charge >= 0.3 is 6.01 Å². The van der Waals surface area contributed by atoms with E-state index in [1.165, 1.54) is 4.68 Å². The fraction of sp³-hybridized carbons (Fsp3) is 0. The molecule has 0 bridgehead atoms. The van der Waals surface area contributed by atoms with Crippen LogP contribution in [0.1, 0.15) is 0 Å². The van der Waals surface area contributed by atoms with Gasteiger partial charge in [-0.3, -0.25) is 0 Å². The molecule has 0 fully saturated rings. The molecule has 0 unspecified atom stereocenters. The lowest BCUT2D eigenvalue weighted by molar-refractivity contribution is 0.544. The number of rotatable bonds is 1. The summed E-state index contributed by atoms with van der Waals surface area (Å²) in [5.74, 6) is 0.417. The lowest BCUT2D eigenvalue weighted by atomic mass is 10.3. The maximum absolute atomic E-state index is 5.85. The van der Waals surface area contributed by atoms with Gasteiger partial charge in [0.05, 0.1) is 0 Å². The van der Waals surface area contributed by atoms with Crippen molar-refractivity contribution in [3.05, 3.63) is 35.5 Å². The van der Waals surface area contributed by atoms with Gasteiger partial charge in [0.15, 0.2) is 5.58 Å². The molecule has 3 aromatic rings. The zero-order valence-corrected chi connectivity index (χ0v) is 8.85. The zero-order valence-electron chi connectivity index (χ0n) is 8.09. The number of aromatic nitrogens is 3. The van der Waals surface area contributed by atoms with Gasteiger partial charge in [-0.1, -0.05) is 11.6 Å². The molecule has 2 N–H and O–H groups in total. The van der Waals surface area contributed by atoms with Crippen molar-refractivity contribution in [1.29, 1.82) is 0 Å². The van der Waals surface area contributed by atoms with Crippen molar-refractivity contribution in [3.8, 4) is 6.01 Å². The summed E-state index contributed by atoms with van der Waals surface area (Å²) in [6.07, 6.45) is 1.68. The van der Waals surface area contributed by atoms with E-state index >= 15 is 0 Å². The Morgan fingerprint density at radius 1 is 1.31 bits per heavy atom. The third kappa shape index (κ3) is 1.42. The van der Waals surface area contributed by atoms with Crippen LogP contribution in [0.15, 0.2) is 34.9 Å². The summed E-state index contributed by atoms with van der Waals surface area (Å²) in [4.78, 5) is 4.26. The number of anilines is 1. The largest absolute Gasteiger partial charge is 0.422 e. The summed E-state index contributed by atoms with van der Waals surface area (Å²) >= 11 is 5.85. The molecular formula is C10H7ClN4O. The fourth-order valence-corrected chi connectivity index (χ4v) is 1.59. The molecule has 1 aromatic carbocycles. The quantitative estimate of drug-likeness (QED) is 0.701. The van der Waals surface area contributed by atoms with Gasteiger partial charge in [-0.2, -0.15) is 9.67 Å². The van der Waals surface area contributed by atoms with Crippen LogP contribution in [0.25, 0.3) is 17.1 Å². The number of halogens is 1. The van der Waals surface area contributed by atoms with E-state index in [4.69, 9.17) is 21.8 Å². The first-order valence-corrected chi connectivity index (χ1v) is 4.98. The Kier molecular flexibility index (Phi) is 1.87. The highest BCUT2D eigenvalue weighted by Crippen LogP contribution is 2.21. The van der Waals surface area contributed by atoms with E-state index in [1.54, 1.807) is 30.5 Å². The number of fused-ring (bicyclic) bond motifs is 1. The molecule has 5 nitrogen and oxygen atoms in total. The second-order valence-electron chi connectivity index (χ2n) is 3.29. The van der Waals surface area contributed by atoms with Crippen molar-refractivity contribution in [3.63, 3.8) is 0 Å². The number of nitrogens with two attached hydrogens (primary N) is 1. The van der Waals surface area contributed by atoms with Crippen LogP contribution in [-0.2, 0) is 0 Å². The van der Waals surface area contributed by atoms with Crippen LogP contribution < -0.4 is 5.73 Å². The average Bonchev–Trinajstić information content (AvgIpc) is 2.83. The number of nitrogens with zero attached hydrogens (tertiary/aromatic N) is 3. The Hall–Kier alpha value is -2.01. The molecular weight excluding hydrogens is 228 g/mol. The molecule has 0 saturated carbocycles. The summed E-state index contributed by atoms with van der Waals surface area (Å²) in [6, 6.07) is 7.29. The van der Waals surface area contributed by atoms with Gasteiger partial charge in [0.2, 0.25) is 0 Å². The Labute approximate surface area is 95.4 Å². The molecule has 16 heavy (non-hydrogen) atoms. The Balaban J connectivity index is 2.18. The minimum absolute atomic E-state index is 0.369. The number of benzene rings is 1. The first-order chi connectivity index (χ1) is 7.72. The predicted molar refractivity (Wildman–Crippen MR) is 60.6 cm³/mol. The third-order valence-corrected chi connectivity index (χ3v) is 2.38. The van der Waals surface area contributed by atoms with Gasteiger partial charge in [0.25, 0.3) is 0 Å². The van der Waals surface area contributed by atoms with Crippen LogP contribution in [0.2, 0.25) is 5.02 Å². The summed E-state index contributed by atoms with van der Waals surface area (Å²) < 4.78 is 6.97. The third-order valence-electron chi connectivity index (χ3n) is 2.14. The topological polar surface area (TPSA) is 69.9 Å². The van der Waals surface area contributed by atoms with E-state index in [0.717, 1.165) is 5.52 Å². The van der Waals surface area contributed by atoms with Gasteiger partial charge in [-0.05, 0) is 12.1 Å². The lowest BCUT2D eigenvalue weighted by Crippen LogP contribution is -1.95. The van der Waals surface area contributed by atoms with Gasteiger partial charge in [-0.15, -0.1) is 5.10 Å². The molecule has 0 amide bonds. The number of hydrogen-bond donors (Lipinski definition) is 1. The summed E-state index contributed by atoms with van der Waals surface area (Å²) in [7, 11) is 0. The molecule has 0 saturated heterocycles. The summed E-state index contributed by atoms with van der Waals surface area (Å²) in [5, 5.41) is 4.61. The molecule has 0 aliphatic heterocycles. The van der Waals surface area contributed by atoms with Crippen LogP contribution >= 0.6 is 11.6 Å². The minimum atomic E-state index is 0.369. The van der Waals surface area contributed by atoms with Crippen LogP contribution in [0, 0.1) is 0 Å². The van der Waals surface area contributed by atoms with Gasteiger partial charge < -0.3 is 10.2 Å². The monoisotopic (exact) mass is 234 g/mol. The SMILES string of the molecule is Nc1ccn(-c2nc3ccc(Cl)cc3o2)n1. The second kappa shape index (κ2) is 3.24. The highest BCUT2D eigenvalue weighted by atomic mass is 35.5. The van der Waals surface area contributed by atoms with Crippen molar-refractivity contribution in [2.45, 2.75) is 0 Å². The minimum Gasteiger partial charge on any atom is -0.422 e. The van der Waals surface area contributed by atoms with Gasteiger partial charge in [0, 0.05) is 23.4 Å². The highest BCUT2D eigenvalue weighted by Gasteiger charge is 2.08. The van der Waals surface area contributed by atoms with E-state index in [0.29, 0.717) is 22.4 Å². The van der Waals surface area contributed by atoms with E-state index < -0.39 is 0 Å². The fourth-order valence-electron chi connectivity index (χ4n) is 1.43. The maximum atomic E-state index is 5.85. The molecule has 6 heteroatoms. The molecule has 0 aliphatic rings. The molecule has 0 aliphatic carbocycles. The highest BCUT2D eigenvalue weighted by molar-refractivity contribution is 6.31. The first kappa shape index (κ1) is 9.23. The molecule has 0 spiro atoms. The normalized spacial score (nSPS) is 11.1. The average molecular weight is 235 g/mol. The number of hydrogen-bond acceptors (Lipinski definition) is 4. The van der Waals surface area contributed by atoms with Crippen molar-refractivity contribution in [1.82, 2.24) is 14.8 Å². The van der Waals surface area contributed by atoms with Crippen molar-refractivity contribution in [2.75, 3.05) is 5.73 Å². The molecule has 0 atom stereocenters. The summed E-state index contributed by atoms with van der Waals surface area (Å²) in [6.45, 7) is 0. The first-order valence-electron chi connectivity index (χ1n) is 4.60. The van der Waals surface area contributed by atoms with E-state index in [9.17, 15) is 0 Å². The Morgan fingerprint density at radius 3 is 2.94 bits per heavy atom. The number of nitrogen functional groups attached to an aromatic ring is 1. The molecule has 2 heterocycles. The molecule has 0 radical (unpaired) electrons. The molecule has 2 aromatic heterocycles. The van der Waals surface area contributed by atoms with E-state index in [2.05, 4.69) is 10.1 Å². The maximum Gasteiger partial charge on any atom is 0.323 e.